The predicted octanol–water partition coefficient (Wildman–Crippen LogP) is -0.576. The van der Waals surface area contributed by atoms with E-state index >= 15 is 0 Å². The van der Waals surface area contributed by atoms with E-state index in [1.807, 2.05) is 0 Å². The molecule has 2 N–H and O–H groups in total. The van der Waals surface area contributed by atoms with Crippen LogP contribution in [0.25, 0.3) is 0 Å². The van der Waals surface area contributed by atoms with Gasteiger partial charge >= 0.3 is 18.9 Å². The molecule has 0 aromatic heterocycles. The predicted molar refractivity (Wildman–Crippen MR) is 94.6 cm³/mol. The van der Waals surface area contributed by atoms with E-state index in [2.05, 4.69) is 12.2 Å². The molecule has 1 amide bonds. The van der Waals surface area contributed by atoms with Gasteiger partial charge in [0.15, 0.2) is 5.96 Å². The maximum atomic E-state index is 11.8. The summed E-state index contributed by atoms with van der Waals surface area (Å²) in [7, 11) is 0. The molecule has 0 aromatic carbocycles. The number of carbonyl (C=O) groups is 2. The number of rotatable bonds is 14. The van der Waals surface area contributed by atoms with Gasteiger partial charge in [0.25, 0.3) is 0 Å². The van der Waals surface area contributed by atoms with E-state index in [1.54, 1.807) is 0 Å². The Hall–Kier alpha value is -0.993. The van der Waals surface area contributed by atoms with Gasteiger partial charge in [0.1, 0.15) is 0 Å². The third kappa shape index (κ3) is 17.6. The third-order valence-corrected chi connectivity index (χ3v) is 3.82. The zero-order valence-electron chi connectivity index (χ0n) is 18.9. The monoisotopic (exact) mass is 350 g/mol. The van der Waals surface area contributed by atoms with Crippen molar-refractivity contribution in [1.29, 1.82) is 5.41 Å². The smallest absolute Gasteiger partial charge is 0.548 e. The average molecular weight is 350 g/mol. The van der Waals surface area contributed by atoms with Gasteiger partial charge in [0, 0.05) is 17.5 Å². The van der Waals surface area contributed by atoms with Crippen LogP contribution in [0, 0.1) is 5.41 Å². The van der Waals surface area contributed by atoms with Crippen LogP contribution in [0.15, 0.2) is 0 Å². The molecule has 0 unspecified atom stereocenters. The molecule has 7 heteroatoms. The van der Waals surface area contributed by atoms with Gasteiger partial charge in [-0.05, 0) is 6.42 Å². The molecule has 0 aliphatic heterocycles. The molecule has 0 atom stereocenters. The van der Waals surface area contributed by atoms with Gasteiger partial charge < -0.3 is 14.8 Å². The van der Waals surface area contributed by atoms with Crippen molar-refractivity contribution in [2.75, 3.05) is 13.5 Å². The van der Waals surface area contributed by atoms with Crippen LogP contribution in [-0.2, 0) is 9.59 Å². The Morgan fingerprint density at radius 1 is 1.00 bits per heavy atom. The number of amides is 1. The summed E-state index contributed by atoms with van der Waals surface area (Å²) < 4.78 is 21.7. The number of guanidine groups is 1. The normalized spacial score (nSPS) is 12.3. The van der Waals surface area contributed by atoms with Crippen LogP contribution in [0.2, 0.25) is 0 Å². The number of hydrogen-bond donors (Lipinski definition) is 2. The van der Waals surface area contributed by atoms with Crippen LogP contribution in [-0.4, -0.2) is 36.3 Å². The van der Waals surface area contributed by atoms with Crippen molar-refractivity contribution in [3.05, 3.63) is 0 Å². The van der Waals surface area contributed by atoms with Crippen LogP contribution in [0.5, 0.6) is 0 Å². The Bertz CT molecular complexity index is 463. The molecular formula is C18H34LiN3O3. The molecule has 0 aliphatic rings. The van der Waals surface area contributed by atoms with E-state index in [9.17, 15) is 14.7 Å². The summed E-state index contributed by atoms with van der Waals surface area (Å²) in [5.74, 6) is -2.86. The fraction of sp³-hybridized carbons (Fsp3) is 0.833. The molecule has 0 heterocycles. The molecule has 140 valence electrons. The first kappa shape index (κ1) is 20.3. The number of carbonyl (C=O) groups excluding carboxylic acids is 2. The molecular weight excluding hydrogens is 313 g/mol. The molecule has 0 saturated carbocycles. The molecule has 0 aromatic rings. The van der Waals surface area contributed by atoms with Crippen molar-refractivity contribution in [3.8, 4) is 0 Å². The zero-order valence-corrected chi connectivity index (χ0v) is 15.9. The Morgan fingerprint density at radius 3 is 1.92 bits per heavy atom. The van der Waals surface area contributed by atoms with E-state index in [0.717, 1.165) is 19.3 Å². The van der Waals surface area contributed by atoms with Crippen LogP contribution in [0.1, 0.15) is 88.1 Å². The number of likely N-dealkylation sites (N-methyl/N-ethyl adjacent to an activating group) is 1. The fourth-order valence-corrected chi connectivity index (χ4v) is 2.42. The minimum atomic E-state index is -2.83. The van der Waals surface area contributed by atoms with Crippen molar-refractivity contribution in [1.82, 2.24) is 10.2 Å². The van der Waals surface area contributed by atoms with Gasteiger partial charge in [0.2, 0.25) is 5.91 Å². The Labute approximate surface area is 169 Å². The second-order valence-electron chi connectivity index (χ2n) is 6.14. The van der Waals surface area contributed by atoms with E-state index in [1.165, 1.54) is 44.9 Å². The van der Waals surface area contributed by atoms with Crippen LogP contribution >= 0.6 is 0 Å². The fourth-order valence-electron chi connectivity index (χ4n) is 2.42. The van der Waals surface area contributed by atoms with Gasteiger partial charge in [-0.3, -0.25) is 15.5 Å². The molecule has 6 nitrogen and oxygen atoms in total. The quantitative estimate of drug-likeness (QED) is 0.190. The van der Waals surface area contributed by atoms with E-state index in [-0.39, 0.29) is 25.3 Å². The SMILES string of the molecule is [2H]C([2H])([2H])N(CC(=O)[O-])C(=N)NC(=O)CCCCCCCCCCCCC.[Li+]. The maximum Gasteiger partial charge on any atom is 1.00 e. The summed E-state index contributed by atoms with van der Waals surface area (Å²) in [6.45, 7) is -1.60. The first-order valence-corrected chi connectivity index (χ1v) is 9.04. The second kappa shape index (κ2) is 17.8. The van der Waals surface area contributed by atoms with Gasteiger partial charge in [0.05, 0.1) is 12.5 Å². The molecule has 0 fully saturated rings. The summed E-state index contributed by atoms with van der Waals surface area (Å²) in [4.78, 5) is 22.7. The van der Waals surface area contributed by atoms with Gasteiger partial charge in [-0.1, -0.05) is 71.1 Å². The molecule has 0 rings (SSSR count). The number of carboxylic acids is 1. The average Bonchev–Trinajstić information content (AvgIpc) is 2.56. The largest absolute Gasteiger partial charge is 1.00 e. The van der Waals surface area contributed by atoms with E-state index < -0.39 is 31.4 Å². The summed E-state index contributed by atoms with van der Waals surface area (Å²) in [6.07, 6.45) is 12.9. The second-order valence-corrected chi connectivity index (χ2v) is 6.14. The zero-order chi connectivity index (χ0) is 20.7. The molecule has 0 bridgehead atoms. The summed E-state index contributed by atoms with van der Waals surface area (Å²) in [6, 6.07) is 0. The van der Waals surface area contributed by atoms with Crippen LogP contribution < -0.4 is 29.3 Å². The minimum Gasteiger partial charge on any atom is -0.548 e. The Kier molecular flexibility index (Phi) is 14.5. The van der Waals surface area contributed by atoms with Crippen molar-refractivity contribution in [3.63, 3.8) is 0 Å². The van der Waals surface area contributed by atoms with Gasteiger partial charge in [-0.2, -0.15) is 0 Å². The molecule has 0 spiro atoms. The van der Waals surface area contributed by atoms with E-state index in [4.69, 9.17) is 9.52 Å². The first-order chi connectivity index (χ1) is 12.7. The van der Waals surface area contributed by atoms with Crippen LogP contribution in [0.4, 0.5) is 0 Å². The molecule has 0 radical (unpaired) electrons. The molecule has 0 aliphatic carbocycles. The van der Waals surface area contributed by atoms with Crippen molar-refractivity contribution in [2.24, 2.45) is 0 Å². The third-order valence-electron chi connectivity index (χ3n) is 3.82. The molecule has 25 heavy (non-hydrogen) atoms. The number of aliphatic carboxylic acids is 1. The minimum absolute atomic E-state index is 0. The Morgan fingerprint density at radius 2 is 1.48 bits per heavy atom. The number of nitrogens with one attached hydrogen (secondary N) is 2. The van der Waals surface area contributed by atoms with E-state index in [0.29, 0.717) is 11.3 Å². The number of carboxylic acid groups (broad SMARTS) is 1. The standard InChI is InChI=1S/C18H35N3O3.Li/c1-3-4-5-6-7-8-9-10-11-12-13-14-16(22)20-18(19)21(2)15-17(23)24;/h3-15H2,1-2H3,(H,23,24)(H2,19,20,22);/q;+1/p-1/i2D3;. The summed E-state index contributed by atoms with van der Waals surface area (Å²) >= 11 is 0. The molecule has 0 saturated heterocycles. The number of hydrogen-bond acceptors (Lipinski definition) is 4. The maximum absolute atomic E-state index is 11.8. The topological polar surface area (TPSA) is 96.3 Å². The van der Waals surface area contributed by atoms with Gasteiger partial charge in [-0.15, -0.1) is 0 Å². The summed E-state index contributed by atoms with van der Waals surface area (Å²) in [5.41, 5.74) is 0. The van der Waals surface area contributed by atoms with Crippen molar-refractivity contribution >= 4 is 17.8 Å². The van der Waals surface area contributed by atoms with Crippen LogP contribution in [0.3, 0.4) is 0 Å². The number of unbranched alkanes of at least 4 members (excludes halogenated alkanes) is 10. The summed E-state index contributed by atoms with van der Waals surface area (Å²) in [5, 5.41) is 20.4. The van der Waals surface area contributed by atoms with Crippen molar-refractivity contribution in [2.45, 2.75) is 84.0 Å². The van der Waals surface area contributed by atoms with Gasteiger partial charge in [-0.25, -0.2) is 0 Å². The first-order valence-electron chi connectivity index (χ1n) is 10.5. The Balaban J connectivity index is 0. The van der Waals surface area contributed by atoms with Crippen molar-refractivity contribution < 1.29 is 37.7 Å². The number of nitrogens with zero attached hydrogens (tertiary/aromatic N) is 1.